The molecular formula is C26H24ClNO4S. The largest absolute Gasteiger partial charge is 0.744 e. The van der Waals surface area contributed by atoms with Crippen molar-refractivity contribution in [3.63, 3.8) is 0 Å². The Morgan fingerprint density at radius 1 is 0.909 bits per heavy atom. The van der Waals surface area contributed by atoms with E-state index in [0.717, 1.165) is 11.3 Å². The first kappa shape index (κ1) is 24.5. The van der Waals surface area contributed by atoms with Gasteiger partial charge in [0.2, 0.25) is 11.2 Å². The van der Waals surface area contributed by atoms with Crippen molar-refractivity contribution in [3.05, 3.63) is 101 Å². The monoisotopic (exact) mass is 481 g/mol. The number of rotatable bonds is 5. The molecule has 0 bridgehead atoms. The molecule has 0 atom stereocenters. The lowest BCUT2D eigenvalue weighted by molar-refractivity contribution is -0.646. The first-order valence-electron chi connectivity index (χ1n) is 10.3. The van der Waals surface area contributed by atoms with Crippen LogP contribution in [0.3, 0.4) is 0 Å². The fourth-order valence-electron chi connectivity index (χ4n) is 3.15. The molecule has 5 nitrogen and oxygen atoms in total. The van der Waals surface area contributed by atoms with Crippen molar-refractivity contribution in [2.75, 3.05) is 6.61 Å². The fourth-order valence-corrected chi connectivity index (χ4v) is 3.75. The Bertz CT molecular complexity index is 1350. The topological polar surface area (TPSA) is 70.3 Å². The number of ether oxygens (including phenoxy) is 1. The van der Waals surface area contributed by atoms with Gasteiger partial charge in [-0.15, -0.1) is 0 Å². The smallest absolute Gasteiger partial charge is 0.212 e. The molecule has 0 unspecified atom stereocenters. The van der Waals surface area contributed by atoms with Crippen molar-refractivity contribution in [1.82, 2.24) is 0 Å². The Morgan fingerprint density at radius 2 is 1.58 bits per heavy atom. The second kappa shape index (κ2) is 11.1. The van der Waals surface area contributed by atoms with E-state index in [0.29, 0.717) is 11.6 Å². The second-order valence-corrected chi connectivity index (χ2v) is 8.94. The summed E-state index contributed by atoms with van der Waals surface area (Å²) in [7, 11) is -2.23. The quantitative estimate of drug-likeness (QED) is 0.279. The van der Waals surface area contributed by atoms with Gasteiger partial charge in [0.1, 0.15) is 22.9 Å². The van der Waals surface area contributed by atoms with Crippen LogP contribution in [0.5, 0.6) is 5.75 Å². The van der Waals surface area contributed by atoms with E-state index < -0.39 is 10.1 Å². The van der Waals surface area contributed by atoms with Crippen LogP contribution in [-0.2, 0) is 17.2 Å². The van der Waals surface area contributed by atoms with E-state index >= 15 is 0 Å². The van der Waals surface area contributed by atoms with E-state index in [2.05, 4.69) is 72.3 Å². The summed E-state index contributed by atoms with van der Waals surface area (Å²) >= 11 is 5.46. The van der Waals surface area contributed by atoms with E-state index in [4.69, 9.17) is 16.3 Å². The van der Waals surface area contributed by atoms with Gasteiger partial charge < -0.3 is 9.29 Å². The number of aryl methyl sites for hydroxylation is 1. The molecule has 0 amide bonds. The molecule has 0 aliphatic carbocycles. The standard InChI is InChI=1S/C20H20NO.C6H5ClO3S/c1-3-22-19-14-9-16(10-15-19)8-12-18-13-11-17-6-4-5-7-20(17)21(18)2;7-5-1-3-6(4-2-5)11(8,9)10/h4-15H,3H2,1-2H3;1-4H,(H,8,9,10)/q+1;/p-1/b12-8+;. The molecule has 33 heavy (non-hydrogen) atoms. The van der Waals surface area contributed by atoms with Gasteiger partial charge in [-0.05, 0) is 67.1 Å². The molecule has 1 aromatic heterocycles. The lowest BCUT2D eigenvalue weighted by atomic mass is 10.1. The van der Waals surface area contributed by atoms with Crippen LogP contribution in [0.25, 0.3) is 23.1 Å². The highest BCUT2D eigenvalue weighted by Crippen LogP contribution is 2.15. The number of benzene rings is 3. The van der Waals surface area contributed by atoms with Gasteiger partial charge in [-0.3, -0.25) is 0 Å². The van der Waals surface area contributed by atoms with E-state index in [-0.39, 0.29) is 4.90 Å². The third-order valence-corrected chi connectivity index (χ3v) is 5.96. The summed E-state index contributed by atoms with van der Waals surface area (Å²) in [4.78, 5) is -0.262. The minimum absolute atomic E-state index is 0.262. The lowest BCUT2D eigenvalue weighted by Gasteiger charge is -2.05. The maximum absolute atomic E-state index is 10.3. The molecule has 4 rings (SSSR count). The van der Waals surface area contributed by atoms with Crippen molar-refractivity contribution in [3.8, 4) is 5.75 Å². The van der Waals surface area contributed by atoms with Gasteiger partial charge in [-0.1, -0.05) is 35.9 Å². The third-order valence-electron chi connectivity index (χ3n) is 4.86. The van der Waals surface area contributed by atoms with E-state index in [1.165, 1.54) is 40.9 Å². The summed E-state index contributed by atoms with van der Waals surface area (Å²) in [5, 5.41) is 1.65. The number of hydrogen-bond donors (Lipinski definition) is 0. The first-order chi connectivity index (χ1) is 15.8. The number of nitrogens with zero attached hydrogens (tertiary/aromatic N) is 1. The predicted octanol–water partition coefficient (Wildman–Crippen LogP) is 5.48. The number of hydrogen-bond acceptors (Lipinski definition) is 4. The summed E-state index contributed by atoms with van der Waals surface area (Å²) in [6.07, 6.45) is 4.27. The fraction of sp³-hybridized carbons (Fsp3) is 0.115. The number of para-hydroxylation sites is 1. The highest BCUT2D eigenvalue weighted by Gasteiger charge is 2.08. The molecule has 0 radical (unpaired) electrons. The zero-order chi connectivity index (χ0) is 23.8. The van der Waals surface area contributed by atoms with E-state index in [1.807, 2.05) is 19.1 Å². The molecule has 0 aliphatic rings. The van der Waals surface area contributed by atoms with Gasteiger partial charge >= 0.3 is 0 Å². The summed E-state index contributed by atoms with van der Waals surface area (Å²) in [5.74, 6) is 0.913. The SMILES string of the molecule is CCOc1ccc(/C=C/c2ccc3ccccc3[n+]2C)cc1.O=S(=O)([O-])c1ccc(Cl)cc1. The molecule has 0 saturated carbocycles. The van der Waals surface area contributed by atoms with Crippen molar-refractivity contribution >= 4 is 44.8 Å². The number of halogens is 1. The van der Waals surface area contributed by atoms with Gasteiger partial charge in [0.05, 0.1) is 11.5 Å². The average Bonchev–Trinajstić information content (AvgIpc) is 2.80. The highest BCUT2D eigenvalue weighted by molar-refractivity contribution is 7.85. The van der Waals surface area contributed by atoms with Crippen molar-refractivity contribution < 1.29 is 22.3 Å². The van der Waals surface area contributed by atoms with Gasteiger partial charge in [0.25, 0.3) is 0 Å². The van der Waals surface area contributed by atoms with Crippen LogP contribution in [0, 0.1) is 0 Å². The minimum Gasteiger partial charge on any atom is -0.744 e. The molecule has 0 spiro atoms. The van der Waals surface area contributed by atoms with Crippen LogP contribution in [-0.4, -0.2) is 19.6 Å². The lowest BCUT2D eigenvalue weighted by Crippen LogP contribution is -2.32. The summed E-state index contributed by atoms with van der Waals surface area (Å²) in [6.45, 7) is 2.69. The molecule has 0 saturated heterocycles. The first-order valence-corrected chi connectivity index (χ1v) is 12.1. The molecule has 0 N–H and O–H groups in total. The molecular weight excluding hydrogens is 458 g/mol. The molecule has 4 aromatic rings. The van der Waals surface area contributed by atoms with Crippen molar-refractivity contribution in [2.45, 2.75) is 11.8 Å². The molecule has 170 valence electrons. The van der Waals surface area contributed by atoms with Gasteiger partial charge in [0.15, 0.2) is 0 Å². The van der Waals surface area contributed by atoms with Gasteiger partial charge in [-0.25, -0.2) is 8.42 Å². The number of aromatic nitrogens is 1. The van der Waals surface area contributed by atoms with Crippen LogP contribution >= 0.6 is 11.6 Å². The molecule has 1 heterocycles. The van der Waals surface area contributed by atoms with Crippen LogP contribution in [0.15, 0.2) is 89.8 Å². The molecule has 0 fully saturated rings. The Hall–Kier alpha value is -3.19. The number of fused-ring (bicyclic) bond motifs is 1. The Morgan fingerprint density at radius 3 is 2.21 bits per heavy atom. The Labute approximate surface area is 199 Å². The van der Waals surface area contributed by atoms with E-state index in [9.17, 15) is 13.0 Å². The second-order valence-electron chi connectivity index (χ2n) is 7.12. The molecule has 3 aromatic carbocycles. The normalized spacial score (nSPS) is 11.3. The van der Waals surface area contributed by atoms with Crippen LogP contribution in [0.2, 0.25) is 5.02 Å². The predicted molar refractivity (Wildman–Crippen MR) is 131 cm³/mol. The molecule has 0 aliphatic heterocycles. The van der Waals surface area contributed by atoms with E-state index in [1.54, 1.807) is 0 Å². The van der Waals surface area contributed by atoms with Crippen molar-refractivity contribution in [1.29, 1.82) is 0 Å². The van der Waals surface area contributed by atoms with Gasteiger partial charge in [0, 0.05) is 28.6 Å². The Kier molecular flexibility index (Phi) is 8.22. The summed E-state index contributed by atoms with van der Waals surface area (Å²) in [6, 6.07) is 25.9. The maximum Gasteiger partial charge on any atom is 0.212 e. The average molecular weight is 482 g/mol. The summed E-state index contributed by atoms with van der Waals surface area (Å²) in [5.41, 5.74) is 3.57. The van der Waals surface area contributed by atoms with Gasteiger partial charge in [-0.2, -0.15) is 4.57 Å². The van der Waals surface area contributed by atoms with Crippen LogP contribution in [0.4, 0.5) is 0 Å². The zero-order valence-corrected chi connectivity index (χ0v) is 19.9. The molecule has 7 heteroatoms. The van der Waals surface area contributed by atoms with Crippen molar-refractivity contribution in [2.24, 2.45) is 7.05 Å². The zero-order valence-electron chi connectivity index (χ0n) is 18.3. The van der Waals surface area contributed by atoms with Crippen LogP contribution < -0.4 is 9.30 Å². The van der Waals surface area contributed by atoms with Crippen LogP contribution in [0.1, 0.15) is 18.2 Å². The minimum atomic E-state index is -4.33. The third kappa shape index (κ3) is 6.89. The highest BCUT2D eigenvalue weighted by atomic mass is 35.5. The number of pyridine rings is 1. The Balaban J connectivity index is 0.000000235. The summed E-state index contributed by atoms with van der Waals surface area (Å²) < 4.78 is 38.7. The maximum atomic E-state index is 10.3.